The van der Waals surface area contributed by atoms with Gasteiger partial charge in [-0.05, 0) is 5.92 Å². The van der Waals surface area contributed by atoms with Crippen LogP contribution in [-0.2, 0) is 10.6 Å². The number of hydrogen-bond acceptors (Lipinski definition) is 3. The summed E-state index contributed by atoms with van der Waals surface area (Å²) in [5.41, 5.74) is 0. The van der Waals surface area contributed by atoms with E-state index in [0.29, 0.717) is 11.8 Å². The summed E-state index contributed by atoms with van der Waals surface area (Å²) in [6, 6.07) is 0. The molecule has 1 unspecified atom stereocenters. The molecule has 0 saturated heterocycles. The van der Waals surface area contributed by atoms with Crippen LogP contribution in [0.15, 0.2) is 6.20 Å². The third-order valence-electron chi connectivity index (χ3n) is 1.81. The number of ether oxygens (including phenoxy) is 1. The maximum absolute atomic E-state index is 5.70. The molecule has 1 rings (SSSR count). The molecule has 0 aromatic carbocycles. The molecule has 1 aromatic rings. The summed E-state index contributed by atoms with van der Waals surface area (Å²) < 4.78 is 5.36. The summed E-state index contributed by atoms with van der Waals surface area (Å²) in [5, 5.41) is 1.02. The zero-order valence-electron chi connectivity index (χ0n) is 8.08. The molecule has 1 aromatic heterocycles. The number of rotatable bonds is 4. The SMILES string of the molecule is COC(c1ncc(CCl)s1)C(C)C. The van der Waals surface area contributed by atoms with E-state index < -0.39 is 0 Å². The zero-order valence-corrected chi connectivity index (χ0v) is 9.65. The second-order valence-corrected chi connectivity index (χ2v) is 4.61. The lowest BCUT2D eigenvalue weighted by Gasteiger charge is -2.15. The Balaban J connectivity index is 2.79. The van der Waals surface area contributed by atoms with Crippen LogP contribution in [0.5, 0.6) is 0 Å². The van der Waals surface area contributed by atoms with E-state index in [1.807, 2.05) is 6.20 Å². The lowest BCUT2D eigenvalue weighted by atomic mass is 10.1. The van der Waals surface area contributed by atoms with Gasteiger partial charge in [-0.15, -0.1) is 22.9 Å². The normalized spacial score (nSPS) is 13.6. The zero-order chi connectivity index (χ0) is 9.84. The van der Waals surface area contributed by atoms with E-state index in [0.717, 1.165) is 9.88 Å². The second kappa shape index (κ2) is 4.94. The molecule has 0 aliphatic heterocycles. The van der Waals surface area contributed by atoms with Crippen molar-refractivity contribution in [3.63, 3.8) is 0 Å². The highest BCUT2D eigenvalue weighted by atomic mass is 35.5. The Kier molecular flexibility index (Phi) is 4.16. The molecule has 0 fully saturated rings. The summed E-state index contributed by atoms with van der Waals surface area (Å²) in [5.74, 6) is 0.978. The number of halogens is 1. The Morgan fingerprint density at radius 3 is 2.69 bits per heavy atom. The van der Waals surface area contributed by atoms with E-state index in [9.17, 15) is 0 Å². The average Bonchev–Trinajstić information content (AvgIpc) is 2.53. The largest absolute Gasteiger partial charge is 0.374 e. The van der Waals surface area contributed by atoms with E-state index in [1.54, 1.807) is 18.4 Å². The Labute approximate surface area is 87.9 Å². The summed E-state index contributed by atoms with van der Waals surface area (Å²) in [6.45, 7) is 4.24. The van der Waals surface area contributed by atoms with Crippen molar-refractivity contribution in [1.82, 2.24) is 4.98 Å². The molecule has 0 spiro atoms. The van der Waals surface area contributed by atoms with Gasteiger partial charge in [0.1, 0.15) is 11.1 Å². The summed E-state index contributed by atoms with van der Waals surface area (Å²) >= 11 is 7.32. The molecule has 0 bridgehead atoms. The van der Waals surface area contributed by atoms with Gasteiger partial charge in [0, 0.05) is 18.2 Å². The maximum atomic E-state index is 5.70. The van der Waals surface area contributed by atoms with Crippen LogP contribution in [0.3, 0.4) is 0 Å². The third kappa shape index (κ3) is 2.66. The molecule has 0 saturated carbocycles. The molecule has 0 aliphatic carbocycles. The third-order valence-corrected chi connectivity index (χ3v) is 3.31. The predicted octanol–water partition coefficient (Wildman–Crippen LogP) is 3.23. The minimum Gasteiger partial charge on any atom is -0.374 e. The molecule has 0 radical (unpaired) electrons. The number of methoxy groups -OCH3 is 1. The monoisotopic (exact) mass is 219 g/mol. The average molecular weight is 220 g/mol. The highest BCUT2D eigenvalue weighted by molar-refractivity contribution is 7.11. The second-order valence-electron chi connectivity index (χ2n) is 3.20. The number of nitrogens with zero attached hydrogens (tertiary/aromatic N) is 1. The molecule has 1 heterocycles. The fraction of sp³-hybridized carbons (Fsp3) is 0.667. The van der Waals surface area contributed by atoms with Crippen molar-refractivity contribution in [2.45, 2.75) is 25.8 Å². The molecule has 2 nitrogen and oxygen atoms in total. The molecule has 1 atom stereocenters. The Morgan fingerprint density at radius 2 is 2.31 bits per heavy atom. The standard InChI is InChI=1S/C9H14ClNOS/c1-6(2)8(12-3)9-11-5-7(4-10)13-9/h5-6,8H,4H2,1-3H3. The van der Waals surface area contributed by atoms with Crippen LogP contribution in [0.25, 0.3) is 0 Å². The van der Waals surface area contributed by atoms with Crippen molar-refractivity contribution in [3.05, 3.63) is 16.1 Å². The van der Waals surface area contributed by atoms with E-state index in [1.165, 1.54) is 0 Å². The first-order valence-electron chi connectivity index (χ1n) is 4.22. The van der Waals surface area contributed by atoms with Crippen LogP contribution < -0.4 is 0 Å². The number of thiazole rings is 1. The van der Waals surface area contributed by atoms with Gasteiger partial charge in [0.25, 0.3) is 0 Å². The van der Waals surface area contributed by atoms with Crippen LogP contribution in [0.1, 0.15) is 29.8 Å². The van der Waals surface area contributed by atoms with Crippen molar-refractivity contribution in [1.29, 1.82) is 0 Å². The fourth-order valence-corrected chi connectivity index (χ4v) is 2.43. The van der Waals surface area contributed by atoms with Gasteiger partial charge in [-0.25, -0.2) is 4.98 Å². The lowest BCUT2D eigenvalue weighted by Crippen LogP contribution is -2.08. The molecule has 4 heteroatoms. The van der Waals surface area contributed by atoms with Gasteiger partial charge in [0.05, 0.1) is 5.88 Å². The quantitative estimate of drug-likeness (QED) is 0.726. The van der Waals surface area contributed by atoms with Crippen molar-refractivity contribution in [2.75, 3.05) is 7.11 Å². The highest BCUT2D eigenvalue weighted by Crippen LogP contribution is 2.29. The van der Waals surface area contributed by atoms with Gasteiger partial charge < -0.3 is 4.74 Å². The Hall–Kier alpha value is -0.120. The lowest BCUT2D eigenvalue weighted by molar-refractivity contribution is 0.0644. The molecule has 0 amide bonds. The number of alkyl halides is 1. The topological polar surface area (TPSA) is 22.1 Å². The van der Waals surface area contributed by atoms with Crippen molar-refractivity contribution < 1.29 is 4.74 Å². The van der Waals surface area contributed by atoms with Gasteiger partial charge in [-0.3, -0.25) is 0 Å². The van der Waals surface area contributed by atoms with Gasteiger partial charge in [0.15, 0.2) is 0 Å². The minimum atomic E-state index is 0.0990. The summed E-state index contributed by atoms with van der Waals surface area (Å²) in [4.78, 5) is 5.39. The first-order chi connectivity index (χ1) is 6.19. The molecule has 0 N–H and O–H groups in total. The van der Waals surface area contributed by atoms with E-state index >= 15 is 0 Å². The van der Waals surface area contributed by atoms with Gasteiger partial charge in [0.2, 0.25) is 0 Å². The molecule has 74 valence electrons. The number of hydrogen-bond donors (Lipinski definition) is 0. The molecule has 13 heavy (non-hydrogen) atoms. The minimum absolute atomic E-state index is 0.0990. The van der Waals surface area contributed by atoms with Gasteiger partial charge in [-0.1, -0.05) is 13.8 Å². The van der Waals surface area contributed by atoms with Crippen LogP contribution >= 0.6 is 22.9 Å². The van der Waals surface area contributed by atoms with E-state index in [2.05, 4.69) is 18.8 Å². The van der Waals surface area contributed by atoms with Gasteiger partial charge in [-0.2, -0.15) is 0 Å². The summed E-state index contributed by atoms with van der Waals surface area (Å²) in [6.07, 6.45) is 1.92. The predicted molar refractivity (Wildman–Crippen MR) is 56.3 cm³/mol. The number of aromatic nitrogens is 1. The van der Waals surface area contributed by atoms with Crippen molar-refractivity contribution >= 4 is 22.9 Å². The molecule has 0 aliphatic rings. The highest BCUT2D eigenvalue weighted by Gasteiger charge is 2.18. The van der Waals surface area contributed by atoms with Crippen molar-refractivity contribution in [2.24, 2.45) is 5.92 Å². The first kappa shape index (κ1) is 11.0. The van der Waals surface area contributed by atoms with Crippen LogP contribution in [0.4, 0.5) is 0 Å². The maximum Gasteiger partial charge on any atom is 0.122 e. The molecular formula is C9H14ClNOS. The molecular weight excluding hydrogens is 206 g/mol. The van der Waals surface area contributed by atoms with E-state index in [-0.39, 0.29) is 6.10 Å². The Morgan fingerprint density at radius 1 is 1.62 bits per heavy atom. The fourth-order valence-electron chi connectivity index (χ4n) is 1.17. The summed E-state index contributed by atoms with van der Waals surface area (Å²) in [7, 11) is 1.71. The van der Waals surface area contributed by atoms with Crippen LogP contribution in [0, 0.1) is 5.92 Å². The first-order valence-corrected chi connectivity index (χ1v) is 5.57. The Bertz CT molecular complexity index is 262. The van der Waals surface area contributed by atoms with E-state index in [4.69, 9.17) is 16.3 Å². The van der Waals surface area contributed by atoms with Crippen LogP contribution in [-0.4, -0.2) is 12.1 Å². The smallest absolute Gasteiger partial charge is 0.122 e. The van der Waals surface area contributed by atoms with Gasteiger partial charge >= 0.3 is 0 Å². The van der Waals surface area contributed by atoms with Crippen molar-refractivity contribution in [3.8, 4) is 0 Å². The van der Waals surface area contributed by atoms with Crippen LogP contribution in [0.2, 0.25) is 0 Å².